The van der Waals surface area contributed by atoms with Crippen molar-refractivity contribution >= 4 is 5.97 Å². The maximum absolute atomic E-state index is 10.8. The van der Waals surface area contributed by atoms with Crippen molar-refractivity contribution in [1.29, 1.82) is 0 Å². The summed E-state index contributed by atoms with van der Waals surface area (Å²) in [5.41, 5.74) is 0. The molecule has 0 spiro atoms. The molecular weight excluding hydrogens is 128 g/mol. The molecular formula is C8H10O2. The lowest BCUT2D eigenvalue weighted by Crippen LogP contribution is -2.03. The number of carbonyl (C=O) groups excluding carboxylic acids is 1. The highest BCUT2D eigenvalue weighted by molar-refractivity contribution is 5.79. The molecule has 54 valence electrons. The van der Waals surface area contributed by atoms with Crippen molar-refractivity contribution in [2.45, 2.75) is 6.92 Å². The number of cyclic esters (lactones) is 1. The number of allylic oxidation sites excluding steroid dienone is 2. The molecule has 1 aliphatic heterocycles. The van der Waals surface area contributed by atoms with Crippen LogP contribution in [-0.4, -0.2) is 12.6 Å². The first-order valence-electron chi connectivity index (χ1n) is 3.64. The SMILES string of the molecule is C/C=C/[C@H]1[C@@H]2COC(=O)[C@H]12. The van der Waals surface area contributed by atoms with Crippen LogP contribution in [-0.2, 0) is 9.53 Å². The minimum absolute atomic E-state index is 0.00750. The number of hydrogen-bond donors (Lipinski definition) is 0. The molecule has 2 rings (SSSR count). The van der Waals surface area contributed by atoms with Crippen molar-refractivity contribution in [2.75, 3.05) is 6.61 Å². The molecule has 0 unspecified atom stereocenters. The third-order valence-electron chi connectivity index (χ3n) is 2.33. The maximum Gasteiger partial charge on any atom is 0.309 e. The maximum atomic E-state index is 10.8. The van der Waals surface area contributed by atoms with Crippen LogP contribution >= 0.6 is 0 Å². The third kappa shape index (κ3) is 0.618. The lowest BCUT2D eigenvalue weighted by molar-refractivity contribution is -0.141. The molecule has 0 N–H and O–H groups in total. The Balaban J connectivity index is 2.05. The molecule has 3 atom stereocenters. The highest BCUT2D eigenvalue weighted by atomic mass is 16.5. The Kier molecular flexibility index (Phi) is 1.10. The Bertz CT molecular complexity index is 195. The highest BCUT2D eigenvalue weighted by Crippen LogP contribution is 2.52. The van der Waals surface area contributed by atoms with Gasteiger partial charge < -0.3 is 4.74 Å². The molecule has 0 bridgehead atoms. The second-order valence-electron chi connectivity index (χ2n) is 2.92. The van der Waals surface area contributed by atoms with Gasteiger partial charge in [-0.2, -0.15) is 0 Å². The molecule has 1 aliphatic carbocycles. The Labute approximate surface area is 59.9 Å². The van der Waals surface area contributed by atoms with Crippen molar-refractivity contribution in [3.63, 3.8) is 0 Å². The van der Waals surface area contributed by atoms with Crippen LogP contribution in [0, 0.1) is 17.8 Å². The fourth-order valence-electron chi connectivity index (χ4n) is 1.71. The smallest absolute Gasteiger partial charge is 0.309 e. The predicted molar refractivity (Wildman–Crippen MR) is 36.2 cm³/mol. The van der Waals surface area contributed by atoms with Crippen LogP contribution in [0.3, 0.4) is 0 Å². The third-order valence-corrected chi connectivity index (χ3v) is 2.33. The molecule has 2 heteroatoms. The molecule has 10 heavy (non-hydrogen) atoms. The summed E-state index contributed by atoms with van der Waals surface area (Å²) in [5.74, 6) is 1.25. The first-order chi connectivity index (χ1) is 4.84. The molecule has 0 radical (unpaired) electrons. The average Bonchev–Trinajstić information content (AvgIpc) is 2.45. The van der Waals surface area contributed by atoms with Crippen LogP contribution < -0.4 is 0 Å². The molecule has 1 heterocycles. The predicted octanol–water partition coefficient (Wildman–Crippen LogP) is 0.982. The number of fused-ring (bicyclic) bond motifs is 1. The molecule has 0 aromatic rings. The van der Waals surface area contributed by atoms with E-state index in [1.165, 1.54) is 0 Å². The van der Waals surface area contributed by atoms with Gasteiger partial charge in [-0.1, -0.05) is 12.2 Å². The van der Waals surface area contributed by atoms with Crippen LogP contribution in [0.15, 0.2) is 12.2 Å². The Morgan fingerprint density at radius 1 is 1.70 bits per heavy atom. The summed E-state index contributed by atoms with van der Waals surface area (Å²) in [6.45, 7) is 2.64. The van der Waals surface area contributed by atoms with Gasteiger partial charge in [0.25, 0.3) is 0 Å². The van der Waals surface area contributed by atoms with E-state index in [-0.39, 0.29) is 11.9 Å². The van der Waals surface area contributed by atoms with Gasteiger partial charge in [-0.15, -0.1) is 0 Å². The van der Waals surface area contributed by atoms with E-state index in [4.69, 9.17) is 4.74 Å². The van der Waals surface area contributed by atoms with Crippen molar-refractivity contribution < 1.29 is 9.53 Å². The molecule has 2 nitrogen and oxygen atoms in total. The minimum Gasteiger partial charge on any atom is -0.465 e. The zero-order chi connectivity index (χ0) is 7.14. The Morgan fingerprint density at radius 3 is 3.00 bits per heavy atom. The van der Waals surface area contributed by atoms with E-state index in [2.05, 4.69) is 6.08 Å². The molecule has 0 aromatic carbocycles. The topological polar surface area (TPSA) is 26.3 Å². The van der Waals surface area contributed by atoms with E-state index >= 15 is 0 Å². The van der Waals surface area contributed by atoms with Crippen LogP contribution in [0.1, 0.15) is 6.92 Å². The zero-order valence-corrected chi connectivity index (χ0v) is 5.91. The number of hydrogen-bond acceptors (Lipinski definition) is 2. The molecule has 0 aromatic heterocycles. The van der Waals surface area contributed by atoms with Crippen molar-refractivity contribution in [3.8, 4) is 0 Å². The summed E-state index contributed by atoms with van der Waals surface area (Å²) in [6.07, 6.45) is 4.12. The normalized spacial score (nSPS) is 43.7. The fraction of sp³-hybridized carbons (Fsp3) is 0.625. The Hall–Kier alpha value is -0.790. The summed E-state index contributed by atoms with van der Waals surface area (Å²) >= 11 is 0. The van der Waals surface area contributed by atoms with Gasteiger partial charge in [-0.25, -0.2) is 0 Å². The second kappa shape index (κ2) is 1.84. The molecule has 1 saturated carbocycles. The summed E-state index contributed by atoms with van der Waals surface area (Å²) < 4.78 is 4.82. The summed E-state index contributed by atoms with van der Waals surface area (Å²) in [7, 11) is 0. The summed E-state index contributed by atoms with van der Waals surface area (Å²) in [4.78, 5) is 10.8. The lowest BCUT2D eigenvalue weighted by Gasteiger charge is -1.96. The molecule has 1 saturated heterocycles. The van der Waals surface area contributed by atoms with Crippen LogP contribution in [0.2, 0.25) is 0 Å². The van der Waals surface area contributed by atoms with Gasteiger partial charge in [-0.05, 0) is 12.8 Å². The van der Waals surface area contributed by atoms with Crippen molar-refractivity contribution in [1.82, 2.24) is 0 Å². The average molecular weight is 138 g/mol. The van der Waals surface area contributed by atoms with Crippen LogP contribution in [0.5, 0.6) is 0 Å². The fourth-order valence-corrected chi connectivity index (χ4v) is 1.71. The van der Waals surface area contributed by atoms with E-state index in [0.717, 1.165) is 0 Å². The lowest BCUT2D eigenvalue weighted by atomic mass is 10.3. The first-order valence-corrected chi connectivity index (χ1v) is 3.64. The van der Waals surface area contributed by atoms with E-state index < -0.39 is 0 Å². The number of carbonyl (C=O) groups is 1. The second-order valence-corrected chi connectivity index (χ2v) is 2.92. The van der Waals surface area contributed by atoms with E-state index in [9.17, 15) is 4.79 Å². The summed E-state index contributed by atoms with van der Waals surface area (Å²) in [5, 5.41) is 0. The van der Waals surface area contributed by atoms with Gasteiger partial charge in [0.2, 0.25) is 0 Å². The van der Waals surface area contributed by atoms with E-state index in [1.54, 1.807) is 0 Å². The number of esters is 1. The van der Waals surface area contributed by atoms with Gasteiger partial charge >= 0.3 is 5.97 Å². The molecule has 0 amide bonds. The van der Waals surface area contributed by atoms with E-state index in [0.29, 0.717) is 18.4 Å². The van der Waals surface area contributed by atoms with Gasteiger partial charge in [0, 0.05) is 5.92 Å². The van der Waals surface area contributed by atoms with Gasteiger partial charge in [0.1, 0.15) is 0 Å². The van der Waals surface area contributed by atoms with E-state index in [1.807, 2.05) is 13.0 Å². The zero-order valence-electron chi connectivity index (χ0n) is 5.91. The quantitative estimate of drug-likeness (QED) is 0.399. The largest absolute Gasteiger partial charge is 0.465 e. The van der Waals surface area contributed by atoms with Crippen LogP contribution in [0.4, 0.5) is 0 Å². The standard InChI is InChI=1S/C8H10O2/c1-2-3-5-6-4-10-8(9)7(5)6/h2-3,5-7H,4H2,1H3/b3-2+/t5-,6-,7+/m0/s1. The molecule has 2 aliphatic rings. The minimum atomic E-state index is 0.00750. The summed E-state index contributed by atoms with van der Waals surface area (Å²) in [6, 6.07) is 0. The van der Waals surface area contributed by atoms with Crippen molar-refractivity contribution in [2.24, 2.45) is 17.8 Å². The highest BCUT2D eigenvalue weighted by Gasteiger charge is 2.59. The number of rotatable bonds is 1. The number of ether oxygens (including phenoxy) is 1. The van der Waals surface area contributed by atoms with Gasteiger partial charge in [0.05, 0.1) is 12.5 Å². The molecule has 2 fully saturated rings. The van der Waals surface area contributed by atoms with Crippen LogP contribution in [0.25, 0.3) is 0 Å². The Morgan fingerprint density at radius 2 is 2.50 bits per heavy atom. The monoisotopic (exact) mass is 138 g/mol. The van der Waals surface area contributed by atoms with Gasteiger partial charge in [0.15, 0.2) is 0 Å². The van der Waals surface area contributed by atoms with Gasteiger partial charge in [-0.3, -0.25) is 4.79 Å². The van der Waals surface area contributed by atoms with Crippen molar-refractivity contribution in [3.05, 3.63) is 12.2 Å². The first kappa shape index (κ1) is 5.96.